The van der Waals surface area contributed by atoms with E-state index in [1.54, 1.807) is 42.5 Å². The number of ketones is 1. The van der Waals surface area contributed by atoms with Gasteiger partial charge in [-0.3, -0.25) is 15.0 Å². The maximum Gasteiger partial charge on any atom is 0.269 e. The lowest BCUT2D eigenvalue weighted by atomic mass is 10.1. The van der Waals surface area contributed by atoms with Crippen molar-refractivity contribution in [3.63, 3.8) is 0 Å². The standard InChI is InChI=1S/C16H13BrN2O2/c17-14-8-4-7-13(11-14)16(21)19-18-10-9-15(20)12-5-2-1-3-6-12/h1-11,18H,(H,19,21)/b10-9-. The molecule has 2 N–H and O–H groups in total. The van der Waals surface area contributed by atoms with Crippen molar-refractivity contribution in [2.45, 2.75) is 0 Å². The number of benzene rings is 2. The number of halogens is 1. The molecule has 0 spiro atoms. The molecular weight excluding hydrogens is 332 g/mol. The fourth-order valence-corrected chi connectivity index (χ4v) is 2.02. The van der Waals surface area contributed by atoms with E-state index in [0.29, 0.717) is 11.1 Å². The molecule has 0 fully saturated rings. The molecule has 0 unspecified atom stereocenters. The largest absolute Gasteiger partial charge is 0.305 e. The topological polar surface area (TPSA) is 58.2 Å². The van der Waals surface area contributed by atoms with Gasteiger partial charge in [-0.1, -0.05) is 52.3 Å². The predicted molar refractivity (Wildman–Crippen MR) is 84.7 cm³/mol. The van der Waals surface area contributed by atoms with Crippen LogP contribution in [0.3, 0.4) is 0 Å². The highest BCUT2D eigenvalue weighted by Crippen LogP contribution is 2.11. The Balaban J connectivity index is 1.85. The molecule has 0 radical (unpaired) electrons. The zero-order valence-electron chi connectivity index (χ0n) is 11.0. The molecule has 2 aromatic rings. The second-order valence-corrected chi connectivity index (χ2v) is 5.09. The van der Waals surface area contributed by atoms with Gasteiger partial charge >= 0.3 is 0 Å². The van der Waals surface area contributed by atoms with Crippen molar-refractivity contribution in [2.24, 2.45) is 0 Å². The van der Waals surface area contributed by atoms with Crippen molar-refractivity contribution in [3.05, 3.63) is 82.5 Å². The normalized spacial score (nSPS) is 10.3. The molecule has 21 heavy (non-hydrogen) atoms. The molecule has 0 aliphatic heterocycles. The minimum absolute atomic E-state index is 0.139. The molecule has 4 nitrogen and oxygen atoms in total. The number of allylic oxidation sites excluding steroid dienone is 1. The molecule has 2 aromatic carbocycles. The summed E-state index contributed by atoms with van der Waals surface area (Å²) < 4.78 is 0.824. The number of carbonyl (C=O) groups excluding carboxylic acids is 2. The van der Waals surface area contributed by atoms with Gasteiger partial charge in [0.2, 0.25) is 0 Å². The molecule has 106 valence electrons. The summed E-state index contributed by atoms with van der Waals surface area (Å²) in [5.74, 6) is -0.423. The number of carbonyl (C=O) groups is 2. The van der Waals surface area contributed by atoms with E-state index >= 15 is 0 Å². The summed E-state index contributed by atoms with van der Waals surface area (Å²) in [5.41, 5.74) is 6.18. The van der Waals surface area contributed by atoms with E-state index in [1.807, 2.05) is 12.1 Å². The Morgan fingerprint density at radius 2 is 1.67 bits per heavy atom. The SMILES string of the molecule is O=C(/C=C\NNC(=O)c1cccc(Br)c1)c1ccccc1. The fourth-order valence-electron chi connectivity index (χ4n) is 1.63. The Bertz CT molecular complexity index is 669. The van der Waals surface area contributed by atoms with Crippen molar-refractivity contribution >= 4 is 27.6 Å². The molecule has 0 atom stereocenters. The van der Waals surface area contributed by atoms with Crippen LogP contribution in [0.4, 0.5) is 0 Å². The van der Waals surface area contributed by atoms with Crippen molar-refractivity contribution in [1.29, 1.82) is 0 Å². The minimum atomic E-state index is -0.284. The molecule has 0 heterocycles. The summed E-state index contributed by atoms with van der Waals surface area (Å²) in [6, 6.07) is 15.9. The summed E-state index contributed by atoms with van der Waals surface area (Å²) in [7, 11) is 0. The molecule has 0 aliphatic carbocycles. The summed E-state index contributed by atoms with van der Waals surface area (Å²) in [6.45, 7) is 0. The average molecular weight is 345 g/mol. The Hall–Kier alpha value is -2.40. The smallest absolute Gasteiger partial charge is 0.269 e. The second-order valence-electron chi connectivity index (χ2n) is 4.17. The number of amides is 1. The summed E-state index contributed by atoms with van der Waals surface area (Å²) in [6.07, 6.45) is 2.75. The lowest BCUT2D eigenvalue weighted by Gasteiger charge is -2.04. The van der Waals surface area contributed by atoms with Crippen LogP contribution in [0.25, 0.3) is 0 Å². The monoisotopic (exact) mass is 344 g/mol. The van der Waals surface area contributed by atoms with Gasteiger partial charge in [-0.05, 0) is 18.2 Å². The number of hydrogen-bond acceptors (Lipinski definition) is 3. The van der Waals surface area contributed by atoms with E-state index in [-0.39, 0.29) is 11.7 Å². The van der Waals surface area contributed by atoms with E-state index < -0.39 is 0 Å². The van der Waals surface area contributed by atoms with E-state index in [0.717, 1.165) is 4.47 Å². The molecule has 2 rings (SSSR count). The second kappa shape index (κ2) is 7.40. The first-order chi connectivity index (χ1) is 10.2. The molecule has 0 aromatic heterocycles. The van der Waals surface area contributed by atoms with Gasteiger partial charge in [0, 0.05) is 27.9 Å². The van der Waals surface area contributed by atoms with Crippen LogP contribution < -0.4 is 10.9 Å². The average Bonchev–Trinajstić information content (AvgIpc) is 2.52. The summed E-state index contributed by atoms with van der Waals surface area (Å²) in [5, 5.41) is 0. The maximum absolute atomic E-state index is 11.8. The number of hydrogen-bond donors (Lipinski definition) is 2. The third-order valence-corrected chi connectivity index (χ3v) is 3.14. The molecule has 0 saturated heterocycles. The molecular formula is C16H13BrN2O2. The van der Waals surface area contributed by atoms with Gasteiger partial charge in [-0.2, -0.15) is 0 Å². The van der Waals surface area contributed by atoms with Crippen LogP contribution in [-0.2, 0) is 0 Å². The first-order valence-corrected chi connectivity index (χ1v) is 7.03. The minimum Gasteiger partial charge on any atom is -0.305 e. The highest BCUT2D eigenvalue weighted by atomic mass is 79.9. The molecule has 1 amide bonds. The van der Waals surface area contributed by atoms with Crippen LogP contribution in [-0.4, -0.2) is 11.7 Å². The van der Waals surface area contributed by atoms with Crippen LogP contribution in [0, 0.1) is 0 Å². The zero-order chi connectivity index (χ0) is 15.1. The van der Waals surface area contributed by atoms with Gasteiger partial charge in [0.05, 0.1) is 0 Å². The third kappa shape index (κ3) is 4.57. The highest BCUT2D eigenvalue weighted by molar-refractivity contribution is 9.10. The van der Waals surface area contributed by atoms with Gasteiger partial charge in [-0.25, -0.2) is 0 Å². The summed E-state index contributed by atoms with van der Waals surface area (Å²) >= 11 is 3.30. The van der Waals surface area contributed by atoms with E-state index in [4.69, 9.17) is 0 Å². The van der Waals surface area contributed by atoms with Gasteiger partial charge in [0.25, 0.3) is 5.91 Å². The van der Waals surface area contributed by atoms with Gasteiger partial charge in [0.15, 0.2) is 5.78 Å². The first-order valence-electron chi connectivity index (χ1n) is 6.24. The summed E-state index contributed by atoms with van der Waals surface area (Å²) in [4.78, 5) is 23.6. The molecule has 5 heteroatoms. The zero-order valence-corrected chi connectivity index (χ0v) is 12.6. The van der Waals surface area contributed by atoms with Crippen molar-refractivity contribution in [3.8, 4) is 0 Å². The van der Waals surface area contributed by atoms with Crippen LogP contribution in [0.2, 0.25) is 0 Å². The van der Waals surface area contributed by atoms with Crippen LogP contribution in [0.5, 0.6) is 0 Å². The van der Waals surface area contributed by atoms with E-state index in [1.165, 1.54) is 12.3 Å². The number of hydrazine groups is 1. The van der Waals surface area contributed by atoms with E-state index in [2.05, 4.69) is 26.8 Å². The van der Waals surface area contributed by atoms with Crippen molar-refractivity contribution in [1.82, 2.24) is 10.9 Å². The van der Waals surface area contributed by atoms with Gasteiger partial charge < -0.3 is 5.43 Å². The Labute approximate surface area is 131 Å². The molecule has 0 bridgehead atoms. The van der Waals surface area contributed by atoms with Crippen molar-refractivity contribution < 1.29 is 9.59 Å². The predicted octanol–water partition coefficient (Wildman–Crippen LogP) is 3.08. The molecule has 0 aliphatic rings. The van der Waals surface area contributed by atoms with Crippen LogP contribution in [0.1, 0.15) is 20.7 Å². The number of nitrogens with one attached hydrogen (secondary N) is 2. The first kappa shape index (κ1) is 15.0. The van der Waals surface area contributed by atoms with Gasteiger partial charge in [-0.15, -0.1) is 0 Å². The van der Waals surface area contributed by atoms with Crippen molar-refractivity contribution in [2.75, 3.05) is 0 Å². The van der Waals surface area contributed by atoms with Crippen LogP contribution in [0.15, 0.2) is 71.3 Å². The fraction of sp³-hybridized carbons (Fsp3) is 0. The third-order valence-electron chi connectivity index (χ3n) is 2.65. The molecule has 0 saturated carbocycles. The van der Waals surface area contributed by atoms with E-state index in [9.17, 15) is 9.59 Å². The lowest BCUT2D eigenvalue weighted by Crippen LogP contribution is -2.33. The number of rotatable bonds is 5. The quantitative estimate of drug-likeness (QED) is 0.497. The lowest BCUT2D eigenvalue weighted by molar-refractivity contribution is 0.0939. The van der Waals surface area contributed by atoms with Gasteiger partial charge in [0.1, 0.15) is 0 Å². The Morgan fingerprint density at radius 3 is 2.38 bits per heavy atom. The Kier molecular flexibility index (Phi) is 5.29. The maximum atomic E-state index is 11.8. The van der Waals surface area contributed by atoms with Crippen LogP contribution >= 0.6 is 15.9 Å². The highest BCUT2D eigenvalue weighted by Gasteiger charge is 2.04. The Morgan fingerprint density at radius 1 is 0.952 bits per heavy atom.